The van der Waals surface area contributed by atoms with Crippen LogP contribution >= 0.6 is 0 Å². The van der Waals surface area contributed by atoms with Crippen LogP contribution in [0.4, 0.5) is 0 Å². The Morgan fingerprint density at radius 3 is 2.88 bits per heavy atom. The van der Waals surface area contributed by atoms with Crippen LogP contribution in [0.25, 0.3) is 0 Å². The molecule has 140 valence electrons. The number of hydrogen-bond acceptors (Lipinski definition) is 5. The SMILES string of the molecule is CCOc1cc(CN2CCC[C@@H](c3nc(C)cc(=O)[nH]3)C2)ccc1OC. The average molecular weight is 357 g/mol. The molecule has 0 aliphatic carbocycles. The Labute approximate surface area is 154 Å². The smallest absolute Gasteiger partial charge is 0.251 e. The summed E-state index contributed by atoms with van der Waals surface area (Å²) in [5, 5.41) is 0. The average Bonchev–Trinajstić information content (AvgIpc) is 2.62. The number of methoxy groups -OCH3 is 1. The summed E-state index contributed by atoms with van der Waals surface area (Å²) in [6, 6.07) is 7.63. The van der Waals surface area contributed by atoms with Gasteiger partial charge in [0.05, 0.1) is 13.7 Å². The lowest BCUT2D eigenvalue weighted by atomic mass is 9.96. The maximum atomic E-state index is 11.8. The van der Waals surface area contributed by atoms with Gasteiger partial charge in [0.1, 0.15) is 5.82 Å². The van der Waals surface area contributed by atoms with Crippen LogP contribution in [0.1, 0.15) is 42.8 Å². The maximum Gasteiger partial charge on any atom is 0.251 e. The van der Waals surface area contributed by atoms with E-state index < -0.39 is 0 Å². The monoisotopic (exact) mass is 357 g/mol. The number of nitrogens with one attached hydrogen (secondary N) is 1. The topological polar surface area (TPSA) is 67.5 Å². The number of H-pyrrole nitrogens is 1. The van der Waals surface area contributed by atoms with Crippen LogP contribution in [0.15, 0.2) is 29.1 Å². The van der Waals surface area contributed by atoms with E-state index in [9.17, 15) is 4.79 Å². The number of ether oxygens (including phenoxy) is 2. The summed E-state index contributed by atoms with van der Waals surface area (Å²) in [5.41, 5.74) is 1.90. The molecule has 1 aliphatic rings. The fraction of sp³-hybridized carbons (Fsp3) is 0.500. The molecular weight excluding hydrogens is 330 g/mol. The highest BCUT2D eigenvalue weighted by molar-refractivity contribution is 5.43. The molecule has 0 unspecified atom stereocenters. The van der Waals surface area contributed by atoms with Crippen LogP contribution in [-0.2, 0) is 6.54 Å². The lowest BCUT2D eigenvalue weighted by Gasteiger charge is -2.32. The van der Waals surface area contributed by atoms with Crippen LogP contribution < -0.4 is 15.0 Å². The van der Waals surface area contributed by atoms with Gasteiger partial charge in [-0.05, 0) is 50.9 Å². The molecule has 0 spiro atoms. The zero-order chi connectivity index (χ0) is 18.5. The van der Waals surface area contributed by atoms with Gasteiger partial charge in [0.15, 0.2) is 11.5 Å². The minimum atomic E-state index is -0.0684. The fourth-order valence-corrected chi connectivity index (χ4v) is 3.56. The number of nitrogens with zero attached hydrogens (tertiary/aromatic N) is 2. The highest BCUT2D eigenvalue weighted by atomic mass is 16.5. The molecule has 6 nitrogen and oxygen atoms in total. The van der Waals surface area contributed by atoms with Crippen LogP contribution in [-0.4, -0.2) is 41.7 Å². The van der Waals surface area contributed by atoms with Crippen molar-refractivity contribution in [2.45, 2.75) is 39.2 Å². The highest BCUT2D eigenvalue weighted by Crippen LogP contribution is 2.30. The third-order valence-electron chi connectivity index (χ3n) is 4.71. The van der Waals surface area contributed by atoms with E-state index in [1.54, 1.807) is 7.11 Å². The Hall–Kier alpha value is -2.34. The van der Waals surface area contributed by atoms with E-state index in [0.717, 1.165) is 55.5 Å². The molecule has 1 atom stereocenters. The predicted octanol–water partition coefficient (Wildman–Crippen LogP) is 2.87. The van der Waals surface area contributed by atoms with Crippen LogP contribution in [0.2, 0.25) is 0 Å². The number of piperidine rings is 1. The third-order valence-corrected chi connectivity index (χ3v) is 4.71. The van der Waals surface area contributed by atoms with Crippen molar-refractivity contribution < 1.29 is 9.47 Å². The Morgan fingerprint density at radius 2 is 2.15 bits per heavy atom. The predicted molar refractivity (Wildman–Crippen MR) is 101 cm³/mol. The molecule has 26 heavy (non-hydrogen) atoms. The molecule has 2 aromatic rings. The second-order valence-corrected chi connectivity index (χ2v) is 6.76. The van der Waals surface area contributed by atoms with Crippen molar-refractivity contribution in [1.82, 2.24) is 14.9 Å². The van der Waals surface area contributed by atoms with Gasteiger partial charge >= 0.3 is 0 Å². The van der Waals surface area contributed by atoms with Crippen molar-refractivity contribution in [3.63, 3.8) is 0 Å². The minimum absolute atomic E-state index is 0.0684. The second-order valence-electron chi connectivity index (χ2n) is 6.76. The molecule has 1 aromatic heterocycles. The Morgan fingerprint density at radius 1 is 1.31 bits per heavy atom. The van der Waals surface area contributed by atoms with Gasteiger partial charge in [-0.3, -0.25) is 9.69 Å². The van der Waals surface area contributed by atoms with Gasteiger partial charge < -0.3 is 14.5 Å². The number of likely N-dealkylation sites (tertiary alicyclic amines) is 1. The van der Waals surface area contributed by atoms with Gasteiger partial charge in [-0.15, -0.1) is 0 Å². The number of aryl methyl sites for hydroxylation is 1. The van der Waals surface area contributed by atoms with Crippen molar-refractivity contribution >= 4 is 0 Å². The molecule has 1 aliphatic heterocycles. The molecule has 1 aromatic carbocycles. The number of benzene rings is 1. The quantitative estimate of drug-likeness (QED) is 0.861. The summed E-state index contributed by atoms with van der Waals surface area (Å²) in [5.74, 6) is 2.62. The van der Waals surface area contributed by atoms with Gasteiger partial charge in [-0.1, -0.05) is 6.07 Å². The summed E-state index contributed by atoms with van der Waals surface area (Å²) in [7, 11) is 1.66. The lowest BCUT2D eigenvalue weighted by Crippen LogP contribution is -2.35. The third kappa shape index (κ3) is 4.43. The van der Waals surface area contributed by atoms with Crippen molar-refractivity contribution in [3.05, 3.63) is 51.7 Å². The van der Waals surface area contributed by atoms with E-state index in [1.807, 2.05) is 19.9 Å². The van der Waals surface area contributed by atoms with Gasteiger partial charge in [-0.2, -0.15) is 0 Å². The highest BCUT2D eigenvalue weighted by Gasteiger charge is 2.23. The van der Waals surface area contributed by atoms with E-state index in [4.69, 9.17) is 9.47 Å². The van der Waals surface area contributed by atoms with Crippen molar-refractivity contribution in [3.8, 4) is 11.5 Å². The van der Waals surface area contributed by atoms with Gasteiger partial charge in [-0.25, -0.2) is 4.98 Å². The number of hydrogen-bond donors (Lipinski definition) is 1. The minimum Gasteiger partial charge on any atom is -0.493 e. The summed E-state index contributed by atoms with van der Waals surface area (Å²) in [4.78, 5) is 21.6. The second kappa shape index (κ2) is 8.36. The normalized spacial score (nSPS) is 17.9. The standard InChI is InChI=1S/C20H27N3O3/c1-4-26-18-11-15(7-8-17(18)25-3)12-23-9-5-6-16(13-23)20-21-14(2)10-19(24)22-20/h7-8,10-11,16H,4-6,9,12-13H2,1-3H3,(H,21,22,24)/t16-/m1/s1. The molecule has 0 amide bonds. The first kappa shape index (κ1) is 18.5. The van der Waals surface area contributed by atoms with Gasteiger partial charge in [0.25, 0.3) is 5.56 Å². The maximum absolute atomic E-state index is 11.8. The summed E-state index contributed by atoms with van der Waals surface area (Å²) < 4.78 is 11.0. The largest absolute Gasteiger partial charge is 0.493 e. The van der Waals surface area contributed by atoms with E-state index in [0.29, 0.717) is 6.61 Å². The first-order valence-corrected chi connectivity index (χ1v) is 9.19. The Kier molecular flexibility index (Phi) is 5.93. The molecule has 0 bridgehead atoms. The molecule has 1 N–H and O–H groups in total. The van der Waals surface area contributed by atoms with E-state index in [-0.39, 0.29) is 11.5 Å². The first-order chi connectivity index (χ1) is 12.6. The van der Waals surface area contributed by atoms with Gasteiger partial charge in [0, 0.05) is 30.8 Å². The van der Waals surface area contributed by atoms with E-state index >= 15 is 0 Å². The Balaban J connectivity index is 1.72. The molecule has 2 heterocycles. The van der Waals surface area contributed by atoms with Gasteiger partial charge in [0.2, 0.25) is 0 Å². The van der Waals surface area contributed by atoms with Crippen LogP contribution in [0.5, 0.6) is 11.5 Å². The van der Waals surface area contributed by atoms with Crippen molar-refractivity contribution in [2.24, 2.45) is 0 Å². The molecule has 0 saturated carbocycles. The number of rotatable bonds is 6. The zero-order valence-electron chi connectivity index (χ0n) is 15.7. The zero-order valence-corrected chi connectivity index (χ0v) is 15.7. The number of aromatic amines is 1. The lowest BCUT2D eigenvalue weighted by molar-refractivity contribution is 0.196. The summed E-state index contributed by atoms with van der Waals surface area (Å²) >= 11 is 0. The first-order valence-electron chi connectivity index (χ1n) is 9.19. The molecule has 1 saturated heterocycles. The number of aromatic nitrogens is 2. The molecule has 3 rings (SSSR count). The Bertz CT molecular complexity index is 803. The van der Waals surface area contributed by atoms with E-state index in [1.165, 1.54) is 11.6 Å². The van der Waals surface area contributed by atoms with Crippen molar-refractivity contribution in [1.29, 1.82) is 0 Å². The molecule has 0 radical (unpaired) electrons. The molecule has 6 heteroatoms. The van der Waals surface area contributed by atoms with Crippen LogP contribution in [0.3, 0.4) is 0 Å². The molecular formula is C20H27N3O3. The fourth-order valence-electron chi connectivity index (χ4n) is 3.56. The van der Waals surface area contributed by atoms with Crippen LogP contribution in [0, 0.1) is 6.92 Å². The molecule has 1 fully saturated rings. The van der Waals surface area contributed by atoms with E-state index in [2.05, 4.69) is 27.0 Å². The summed E-state index contributed by atoms with van der Waals surface area (Å²) in [6.07, 6.45) is 2.15. The van der Waals surface area contributed by atoms with Crippen molar-refractivity contribution in [2.75, 3.05) is 26.8 Å². The summed E-state index contributed by atoms with van der Waals surface area (Å²) in [6.45, 7) is 7.22.